The number of aryl methyl sites for hydroxylation is 2. The number of ether oxygens (including phenoxy) is 1. The van der Waals surface area contributed by atoms with Gasteiger partial charge in [-0.25, -0.2) is 0 Å². The molecule has 1 amide bonds. The van der Waals surface area contributed by atoms with Crippen molar-refractivity contribution in [3.63, 3.8) is 0 Å². The Morgan fingerprint density at radius 2 is 2.29 bits per heavy atom. The highest BCUT2D eigenvalue weighted by Crippen LogP contribution is 2.31. The number of hydrogen-bond acceptors (Lipinski definition) is 4. The Bertz CT molecular complexity index is 693. The summed E-state index contributed by atoms with van der Waals surface area (Å²) in [5.41, 5.74) is 3.75. The third-order valence-electron chi connectivity index (χ3n) is 3.52. The molecule has 0 spiro atoms. The summed E-state index contributed by atoms with van der Waals surface area (Å²) in [6.07, 6.45) is 1.95. The van der Waals surface area contributed by atoms with Crippen LogP contribution in [0.2, 0.25) is 0 Å². The lowest BCUT2D eigenvalue weighted by Crippen LogP contribution is -2.25. The first kappa shape index (κ1) is 13.5. The number of nitrogens with one attached hydrogen (secondary N) is 2. The van der Waals surface area contributed by atoms with Gasteiger partial charge in [0.15, 0.2) is 6.61 Å². The highest BCUT2D eigenvalue weighted by atomic mass is 16.5. The largest absolute Gasteiger partial charge is 0.482 e. The predicted molar refractivity (Wildman–Crippen MR) is 80.5 cm³/mol. The molecule has 110 valence electrons. The van der Waals surface area contributed by atoms with Gasteiger partial charge in [0.1, 0.15) is 5.75 Å². The summed E-state index contributed by atoms with van der Waals surface area (Å²) >= 11 is 0. The van der Waals surface area contributed by atoms with Gasteiger partial charge in [0.2, 0.25) is 0 Å². The zero-order valence-corrected chi connectivity index (χ0v) is 12.3. The summed E-state index contributed by atoms with van der Waals surface area (Å²) in [6, 6.07) is 5.92. The quantitative estimate of drug-likeness (QED) is 0.908. The molecule has 1 atom stereocenters. The van der Waals surface area contributed by atoms with Crippen LogP contribution in [0.5, 0.6) is 5.75 Å². The Morgan fingerprint density at radius 3 is 3.00 bits per heavy atom. The highest BCUT2D eigenvalue weighted by Gasteiger charge is 2.18. The van der Waals surface area contributed by atoms with Gasteiger partial charge in [0.25, 0.3) is 5.91 Å². The molecule has 1 aromatic carbocycles. The first-order valence-electron chi connectivity index (χ1n) is 6.86. The van der Waals surface area contributed by atoms with Gasteiger partial charge < -0.3 is 15.4 Å². The summed E-state index contributed by atoms with van der Waals surface area (Å²) < 4.78 is 7.15. The van der Waals surface area contributed by atoms with Gasteiger partial charge >= 0.3 is 0 Å². The summed E-state index contributed by atoms with van der Waals surface area (Å²) in [4.78, 5) is 11.4. The van der Waals surface area contributed by atoms with Crippen molar-refractivity contribution < 1.29 is 9.53 Å². The van der Waals surface area contributed by atoms with E-state index in [4.69, 9.17) is 4.74 Å². The first-order valence-corrected chi connectivity index (χ1v) is 6.86. The van der Waals surface area contributed by atoms with E-state index in [2.05, 4.69) is 22.7 Å². The SMILES string of the molecule is Cc1nn(C)cc1NC(C)c1ccc2c(c1)NC(=O)CO2. The lowest BCUT2D eigenvalue weighted by atomic mass is 10.1. The number of anilines is 2. The average Bonchev–Trinajstić information content (AvgIpc) is 2.76. The summed E-state index contributed by atoms with van der Waals surface area (Å²) in [7, 11) is 1.90. The number of carbonyl (C=O) groups is 1. The number of hydrogen-bond donors (Lipinski definition) is 2. The molecule has 1 aliphatic rings. The molecular formula is C15H18N4O2. The molecule has 3 rings (SSSR count). The van der Waals surface area contributed by atoms with Crippen LogP contribution >= 0.6 is 0 Å². The van der Waals surface area contributed by atoms with Crippen molar-refractivity contribution in [1.29, 1.82) is 0 Å². The van der Waals surface area contributed by atoms with Crippen LogP contribution in [0.4, 0.5) is 11.4 Å². The molecular weight excluding hydrogens is 268 g/mol. The minimum atomic E-state index is -0.122. The second kappa shape index (κ2) is 5.12. The van der Waals surface area contributed by atoms with Crippen molar-refractivity contribution in [2.45, 2.75) is 19.9 Å². The summed E-state index contributed by atoms with van der Waals surface area (Å²) in [5, 5.41) is 10.6. The Labute approximate surface area is 123 Å². The standard InChI is InChI=1S/C15H18N4O2/c1-9(16-13-7-19(3)18-10(13)2)11-4-5-14-12(6-11)17-15(20)8-21-14/h4-7,9,16H,8H2,1-3H3,(H,17,20). The van der Waals surface area contributed by atoms with Gasteiger partial charge in [-0.2, -0.15) is 5.10 Å². The van der Waals surface area contributed by atoms with Crippen LogP contribution < -0.4 is 15.4 Å². The first-order chi connectivity index (χ1) is 10.0. The number of nitrogens with zero attached hydrogens (tertiary/aromatic N) is 2. The van der Waals surface area contributed by atoms with E-state index in [1.54, 1.807) is 4.68 Å². The van der Waals surface area contributed by atoms with Crippen molar-refractivity contribution in [2.75, 3.05) is 17.2 Å². The van der Waals surface area contributed by atoms with E-state index in [9.17, 15) is 4.79 Å². The predicted octanol–water partition coefficient (Wildman–Crippen LogP) is 2.23. The minimum absolute atomic E-state index is 0.0784. The molecule has 1 unspecified atom stereocenters. The summed E-state index contributed by atoms with van der Waals surface area (Å²) in [5.74, 6) is 0.589. The molecule has 1 aliphatic heterocycles. The smallest absolute Gasteiger partial charge is 0.262 e. The van der Waals surface area contributed by atoms with Gasteiger partial charge in [-0.3, -0.25) is 9.48 Å². The van der Waals surface area contributed by atoms with Crippen LogP contribution in [0.3, 0.4) is 0 Å². The van der Waals surface area contributed by atoms with E-state index in [0.29, 0.717) is 5.75 Å². The van der Waals surface area contributed by atoms with Gasteiger partial charge in [-0.15, -0.1) is 0 Å². The highest BCUT2D eigenvalue weighted by molar-refractivity contribution is 5.95. The maximum Gasteiger partial charge on any atom is 0.262 e. The second-order valence-corrected chi connectivity index (χ2v) is 5.26. The molecule has 2 aromatic rings. The maximum atomic E-state index is 11.4. The fraction of sp³-hybridized carbons (Fsp3) is 0.333. The molecule has 2 N–H and O–H groups in total. The Morgan fingerprint density at radius 1 is 1.48 bits per heavy atom. The lowest BCUT2D eigenvalue weighted by Gasteiger charge is -2.21. The van der Waals surface area contributed by atoms with Crippen LogP contribution in [0.1, 0.15) is 24.2 Å². The Balaban J connectivity index is 1.81. The summed E-state index contributed by atoms with van der Waals surface area (Å²) in [6.45, 7) is 4.12. The lowest BCUT2D eigenvalue weighted by molar-refractivity contribution is -0.118. The zero-order valence-electron chi connectivity index (χ0n) is 12.3. The van der Waals surface area contributed by atoms with Gasteiger partial charge in [0.05, 0.1) is 17.1 Å². The van der Waals surface area contributed by atoms with Crippen LogP contribution in [0, 0.1) is 6.92 Å². The number of benzene rings is 1. The minimum Gasteiger partial charge on any atom is -0.482 e. The molecule has 6 nitrogen and oxygen atoms in total. The van der Waals surface area contributed by atoms with Crippen molar-refractivity contribution in [3.05, 3.63) is 35.7 Å². The van der Waals surface area contributed by atoms with Gasteiger partial charge in [-0.1, -0.05) is 6.07 Å². The normalized spacial score (nSPS) is 14.9. The molecule has 0 radical (unpaired) electrons. The van der Waals surface area contributed by atoms with E-state index < -0.39 is 0 Å². The van der Waals surface area contributed by atoms with E-state index in [-0.39, 0.29) is 18.6 Å². The molecule has 0 saturated carbocycles. The van der Waals surface area contributed by atoms with Crippen molar-refractivity contribution >= 4 is 17.3 Å². The topological polar surface area (TPSA) is 68.2 Å². The number of carbonyl (C=O) groups excluding carboxylic acids is 1. The van der Waals surface area contributed by atoms with E-state index >= 15 is 0 Å². The number of aromatic nitrogens is 2. The van der Waals surface area contributed by atoms with Crippen LogP contribution in [-0.4, -0.2) is 22.3 Å². The van der Waals surface area contributed by atoms with Crippen molar-refractivity contribution in [3.8, 4) is 5.75 Å². The van der Waals surface area contributed by atoms with Gasteiger partial charge in [-0.05, 0) is 31.5 Å². The number of amides is 1. The van der Waals surface area contributed by atoms with Crippen molar-refractivity contribution in [1.82, 2.24) is 9.78 Å². The van der Waals surface area contributed by atoms with E-state index in [1.807, 2.05) is 38.4 Å². The molecule has 21 heavy (non-hydrogen) atoms. The van der Waals surface area contributed by atoms with Crippen LogP contribution in [0.15, 0.2) is 24.4 Å². The molecule has 0 aliphatic carbocycles. The van der Waals surface area contributed by atoms with Gasteiger partial charge in [0, 0.05) is 19.3 Å². The fourth-order valence-electron chi connectivity index (χ4n) is 2.43. The Kier molecular flexibility index (Phi) is 3.29. The molecule has 0 fully saturated rings. The number of rotatable bonds is 3. The van der Waals surface area contributed by atoms with Crippen molar-refractivity contribution in [2.24, 2.45) is 7.05 Å². The van der Waals surface area contributed by atoms with Crippen LogP contribution in [-0.2, 0) is 11.8 Å². The third kappa shape index (κ3) is 2.69. The molecule has 0 bridgehead atoms. The van der Waals surface area contributed by atoms with Crippen LogP contribution in [0.25, 0.3) is 0 Å². The van der Waals surface area contributed by atoms with E-state index in [1.165, 1.54) is 0 Å². The molecule has 1 aromatic heterocycles. The van der Waals surface area contributed by atoms with E-state index in [0.717, 1.165) is 22.6 Å². The zero-order chi connectivity index (χ0) is 15.0. The monoisotopic (exact) mass is 286 g/mol. The number of fused-ring (bicyclic) bond motifs is 1. The average molecular weight is 286 g/mol. The maximum absolute atomic E-state index is 11.4. The fourth-order valence-corrected chi connectivity index (χ4v) is 2.43. The molecule has 2 heterocycles. The Hall–Kier alpha value is -2.50. The third-order valence-corrected chi connectivity index (χ3v) is 3.52. The molecule has 0 saturated heterocycles. The molecule has 6 heteroatoms. The second-order valence-electron chi connectivity index (χ2n) is 5.26.